The Labute approximate surface area is 127 Å². The predicted octanol–water partition coefficient (Wildman–Crippen LogP) is 1.16. The van der Waals surface area contributed by atoms with Crippen LogP contribution in [0.2, 0.25) is 0 Å². The largest absolute Gasteiger partial charge is 0.397 e. The average molecular weight is 290 g/mol. The highest BCUT2D eigenvalue weighted by atomic mass is 16.2. The summed E-state index contributed by atoms with van der Waals surface area (Å²) < 4.78 is 0. The Morgan fingerprint density at radius 2 is 1.90 bits per heavy atom. The fraction of sp³-hybridized carbons (Fsp3) is 0.562. The first-order valence-electron chi connectivity index (χ1n) is 7.64. The maximum Gasteiger partial charge on any atom is 0.234 e. The van der Waals surface area contributed by atoms with E-state index in [0.717, 1.165) is 44.1 Å². The summed E-state index contributed by atoms with van der Waals surface area (Å²) >= 11 is 0. The molecule has 0 unspecified atom stereocenters. The first-order chi connectivity index (χ1) is 10.1. The van der Waals surface area contributed by atoms with Gasteiger partial charge in [-0.2, -0.15) is 0 Å². The molecule has 0 bridgehead atoms. The first-order valence-corrected chi connectivity index (χ1v) is 7.64. The van der Waals surface area contributed by atoms with Gasteiger partial charge in [-0.3, -0.25) is 9.69 Å². The van der Waals surface area contributed by atoms with Crippen LogP contribution in [0.1, 0.15) is 13.8 Å². The van der Waals surface area contributed by atoms with E-state index in [1.807, 2.05) is 18.2 Å². The molecule has 0 aliphatic carbocycles. The maximum atomic E-state index is 11.8. The van der Waals surface area contributed by atoms with Gasteiger partial charge in [-0.05, 0) is 18.1 Å². The van der Waals surface area contributed by atoms with Crippen LogP contribution in [0.3, 0.4) is 0 Å². The molecule has 1 amide bonds. The van der Waals surface area contributed by atoms with Crippen molar-refractivity contribution in [1.29, 1.82) is 0 Å². The number of benzene rings is 1. The van der Waals surface area contributed by atoms with Crippen LogP contribution in [-0.4, -0.2) is 50.1 Å². The van der Waals surface area contributed by atoms with E-state index in [2.05, 4.69) is 35.0 Å². The lowest BCUT2D eigenvalue weighted by Crippen LogP contribution is -2.49. The lowest BCUT2D eigenvalue weighted by atomic mass is 10.2. The van der Waals surface area contributed by atoms with Gasteiger partial charge in [0.15, 0.2) is 0 Å². The number of nitrogen functional groups attached to an aromatic ring is 1. The number of carbonyl (C=O) groups is 1. The lowest BCUT2D eigenvalue weighted by molar-refractivity contribution is -0.122. The van der Waals surface area contributed by atoms with Crippen molar-refractivity contribution in [2.75, 3.05) is 49.9 Å². The monoisotopic (exact) mass is 290 g/mol. The molecule has 1 aromatic carbocycles. The Hall–Kier alpha value is -1.75. The molecule has 0 aromatic heterocycles. The normalized spacial score (nSPS) is 16.2. The van der Waals surface area contributed by atoms with Gasteiger partial charge in [0.25, 0.3) is 0 Å². The van der Waals surface area contributed by atoms with Gasteiger partial charge in [0.05, 0.1) is 17.9 Å². The molecule has 1 heterocycles. The van der Waals surface area contributed by atoms with Crippen molar-refractivity contribution in [1.82, 2.24) is 10.2 Å². The lowest BCUT2D eigenvalue weighted by Gasteiger charge is -2.36. The Morgan fingerprint density at radius 3 is 2.52 bits per heavy atom. The van der Waals surface area contributed by atoms with Crippen LogP contribution in [-0.2, 0) is 4.79 Å². The Kier molecular flexibility index (Phi) is 5.44. The van der Waals surface area contributed by atoms with Crippen molar-refractivity contribution >= 4 is 17.3 Å². The predicted molar refractivity (Wildman–Crippen MR) is 87.4 cm³/mol. The Morgan fingerprint density at radius 1 is 1.24 bits per heavy atom. The topological polar surface area (TPSA) is 61.6 Å². The number of amides is 1. The standard InChI is InChI=1S/C16H26N4O/c1-13(2)11-18-16(21)12-19-7-9-20(10-8-19)15-6-4-3-5-14(15)17/h3-6,13H,7-12,17H2,1-2H3,(H,18,21). The molecule has 2 rings (SSSR count). The number of nitrogens with two attached hydrogens (primary N) is 1. The van der Waals surface area contributed by atoms with E-state index in [-0.39, 0.29) is 5.91 Å². The van der Waals surface area contributed by atoms with E-state index in [4.69, 9.17) is 5.73 Å². The summed E-state index contributed by atoms with van der Waals surface area (Å²) in [7, 11) is 0. The van der Waals surface area contributed by atoms with Crippen LogP contribution in [0.5, 0.6) is 0 Å². The number of nitrogens with one attached hydrogen (secondary N) is 1. The second kappa shape index (κ2) is 7.31. The summed E-state index contributed by atoms with van der Waals surface area (Å²) in [5.74, 6) is 0.614. The Balaban J connectivity index is 1.78. The number of rotatable bonds is 5. The van der Waals surface area contributed by atoms with Gasteiger partial charge in [0.1, 0.15) is 0 Å². The highest BCUT2D eigenvalue weighted by molar-refractivity contribution is 5.78. The third-order valence-electron chi connectivity index (χ3n) is 3.72. The fourth-order valence-corrected chi connectivity index (χ4v) is 2.50. The molecule has 0 spiro atoms. The molecule has 0 atom stereocenters. The summed E-state index contributed by atoms with van der Waals surface area (Å²) in [6.07, 6.45) is 0. The summed E-state index contributed by atoms with van der Waals surface area (Å²) in [6.45, 7) is 9.04. The summed E-state index contributed by atoms with van der Waals surface area (Å²) in [4.78, 5) is 16.3. The number of nitrogens with zero attached hydrogens (tertiary/aromatic N) is 2. The number of hydrogen-bond acceptors (Lipinski definition) is 4. The molecule has 1 fully saturated rings. The average Bonchev–Trinajstić information content (AvgIpc) is 2.47. The summed E-state index contributed by atoms with van der Waals surface area (Å²) in [5.41, 5.74) is 7.93. The second-order valence-corrected chi connectivity index (χ2v) is 6.02. The van der Waals surface area contributed by atoms with Crippen LogP contribution in [0.4, 0.5) is 11.4 Å². The number of piperazine rings is 1. The number of carbonyl (C=O) groups excluding carboxylic acids is 1. The number of hydrogen-bond donors (Lipinski definition) is 2. The molecule has 1 aliphatic heterocycles. The Bertz CT molecular complexity index is 467. The van der Waals surface area contributed by atoms with Gasteiger partial charge in [0.2, 0.25) is 5.91 Å². The van der Waals surface area contributed by atoms with Crippen molar-refractivity contribution in [3.8, 4) is 0 Å². The van der Waals surface area contributed by atoms with Gasteiger partial charge in [-0.1, -0.05) is 26.0 Å². The zero-order valence-corrected chi connectivity index (χ0v) is 13.0. The van der Waals surface area contributed by atoms with Crippen molar-refractivity contribution in [2.45, 2.75) is 13.8 Å². The number of anilines is 2. The number of para-hydroxylation sites is 2. The smallest absolute Gasteiger partial charge is 0.234 e. The van der Waals surface area contributed by atoms with E-state index in [1.54, 1.807) is 0 Å². The molecule has 1 aliphatic rings. The molecular formula is C16H26N4O. The fourth-order valence-electron chi connectivity index (χ4n) is 2.50. The summed E-state index contributed by atoms with van der Waals surface area (Å²) in [6, 6.07) is 7.95. The van der Waals surface area contributed by atoms with E-state index in [1.165, 1.54) is 0 Å². The van der Waals surface area contributed by atoms with E-state index < -0.39 is 0 Å². The van der Waals surface area contributed by atoms with Gasteiger partial charge >= 0.3 is 0 Å². The van der Waals surface area contributed by atoms with Gasteiger partial charge < -0.3 is 16.0 Å². The van der Waals surface area contributed by atoms with Crippen LogP contribution in [0, 0.1) is 5.92 Å². The van der Waals surface area contributed by atoms with E-state index in [0.29, 0.717) is 12.5 Å². The summed E-state index contributed by atoms with van der Waals surface area (Å²) in [5, 5.41) is 2.97. The van der Waals surface area contributed by atoms with Crippen molar-refractivity contribution < 1.29 is 4.79 Å². The molecule has 0 radical (unpaired) electrons. The minimum Gasteiger partial charge on any atom is -0.397 e. The first kappa shape index (κ1) is 15.6. The van der Waals surface area contributed by atoms with Gasteiger partial charge in [-0.15, -0.1) is 0 Å². The van der Waals surface area contributed by atoms with Crippen LogP contribution < -0.4 is 16.0 Å². The van der Waals surface area contributed by atoms with E-state index >= 15 is 0 Å². The molecule has 5 nitrogen and oxygen atoms in total. The van der Waals surface area contributed by atoms with E-state index in [9.17, 15) is 4.79 Å². The minimum atomic E-state index is 0.122. The molecule has 5 heteroatoms. The SMILES string of the molecule is CC(C)CNC(=O)CN1CCN(c2ccccc2N)CC1. The van der Waals surface area contributed by atoms with Gasteiger partial charge in [-0.25, -0.2) is 0 Å². The third kappa shape index (κ3) is 4.63. The van der Waals surface area contributed by atoms with Crippen molar-refractivity contribution in [3.63, 3.8) is 0 Å². The van der Waals surface area contributed by atoms with Crippen LogP contribution >= 0.6 is 0 Å². The molecular weight excluding hydrogens is 264 g/mol. The highest BCUT2D eigenvalue weighted by Gasteiger charge is 2.20. The highest BCUT2D eigenvalue weighted by Crippen LogP contribution is 2.23. The third-order valence-corrected chi connectivity index (χ3v) is 3.72. The maximum absolute atomic E-state index is 11.8. The molecule has 21 heavy (non-hydrogen) atoms. The zero-order chi connectivity index (χ0) is 15.2. The minimum absolute atomic E-state index is 0.122. The molecule has 1 aromatic rings. The molecule has 0 saturated carbocycles. The van der Waals surface area contributed by atoms with Crippen molar-refractivity contribution in [2.24, 2.45) is 5.92 Å². The molecule has 3 N–H and O–H groups in total. The quantitative estimate of drug-likeness (QED) is 0.799. The second-order valence-electron chi connectivity index (χ2n) is 6.02. The van der Waals surface area contributed by atoms with Crippen LogP contribution in [0.15, 0.2) is 24.3 Å². The van der Waals surface area contributed by atoms with Crippen molar-refractivity contribution in [3.05, 3.63) is 24.3 Å². The molecule has 1 saturated heterocycles. The van der Waals surface area contributed by atoms with Gasteiger partial charge in [0, 0.05) is 32.7 Å². The van der Waals surface area contributed by atoms with Crippen LogP contribution in [0.25, 0.3) is 0 Å². The zero-order valence-electron chi connectivity index (χ0n) is 13.0. The molecule has 116 valence electrons.